The molecule has 6 rings (SSSR count). The second-order valence-electron chi connectivity index (χ2n) is 9.25. The lowest BCUT2D eigenvalue weighted by Crippen LogP contribution is -2.41. The van der Waals surface area contributed by atoms with E-state index in [9.17, 15) is 14.7 Å². The fourth-order valence-corrected chi connectivity index (χ4v) is 5.30. The molecule has 172 valence electrons. The zero-order chi connectivity index (χ0) is 23.3. The van der Waals surface area contributed by atoms with E-state index in [-0.39, 0.29) is 25.5 Å². The summed E-state index contributed by atoms with van der Waals surface area (Å²) in [6.07, 6.45) is 4.00. The number of fused-ring (bicyclic) bond motifs is 3. The molecule has 2 heterocycles. The van der Waals surface area contributed by atoms with Crippen LogP contribution in [0.3, 0.4) is 0 Å². The van der Waals surface area contributed by atoms with Crippen LogP contribution in [0.4, 0.5) is 5.69 Å². The molecule has 0 fully saturated rings. The van der Waals surface area contributed by atoms with Crippen LogP contribution in [0.15, 0.2) is 60.7 Å². The highest BCUT2D eigenvalue weighted by Crippen LogP contribution is 2.44. The minimum absolute atomic E-state index is 0.175. The number of aliphatic hydroxyl groups is 1. The Labute approximate surface area is 197 Å². The summed E-state index contributed by atoms with van der Waals surface area (Å²) in [5.41, 5.74) is 3.06. The van der Waals surface area contributed by atoms with Gasteiger partial charge in [-0.1, -0.05) is 36.4 Å². The average molecular weight is 456 g/mol. The molecule has 3 aliphatic rings. The predicted octanol–water partition coefficient (Wildman–Crippen LogP) is 4.30. The van der Waals surface area contributed by atoms with E-state index in [0.717, 1.165) is 24.8 Å². The van der Waals surface area contributed by atoms with Gasteiger partial charge in [0.05, 0.1) is 18.7 Å². The second kappa shape index (κ2) is 7.99. The largest absolute Gasteiger partial charge is 0.454 e. The molecule has 34 heavy (non-hydrogen) atoms. The van der Waals surface area contributed by atoms with Crippen LogP contribution in [0.25, 0.3) is 0 Å². The number of aryl methyl sites for hydroxylation is 2. The smallest absolute Gasteiger partial charge is 0.264 e. The van der Waals surface area contributed by atoms with Crippen LogP contribution in [-0.4, -0.2) is 23.6 Å². The number of benzene rings is 3. The van der Waals surface area contributed by atoms with Crippen molar-refractivity contribution in [2.24, 2.45) is 0 Å². The Kier molecular flexibility index (Phi) is 4.92. The number of para-hydroxylation sites is 1. The first kappa shape index (κ1) is 20.9. The molecule has 1 amide bonds. The number of carbonyl (C=O) groups is 2. The second-order valence-corrected chi connectivity index (χ2v) is 9.25. The Morgan fingerprint density at radius 3 is 2.62 bits per heavy atom. The molecular weight excluding hydrogens is 430 g/mol. The van der Waals surface area contributed by atoms with Crippen molar-refractivity contribution in [3.05, 3.63) is 88.5 Å². The lowest BCUT2D eigenvalue weighted by atomic mass is 9.85. The van der Waals surface area contributed by atoms with Gasteiger partial charge in [-0.2, -0.15) is 0 Å². The van der Waals surface area contributed by atoms with Crippen molar-refractivity contribution in [1.29, 1.82) is 0 Å². The Morgan fingerprint density at radius 2 is 1.74 bits per heavy atom. The number of nitrogens with zero attached hydrogens (tertiary/aromatic N) is 1. The summed E-state index contributed by atoms with van der Waals surface area (Å²) in [6, 6.07) is 18.5. The van der Waals surface area contributed by atoms with Gasteiger partial charge < -0.3 is 19.5 Å². The predicted molar refractivity (Wildman–Crippen MR) is 126 cm³/mol. The van der Waals surface area contributed by atoms with Crippen molar-refractivity contribution >= 4 is 17.4 Å². The third-order valence-corrected chi connectivity index (χ3v) is 7.10. The van der Waals surface area contributed by atoms with Gasteiger partial charge >= 0.3 is 0 Å². The summed E-state index contributed by atoms with van der Waals surface area (Å²) in [5, 5.41) is 11.6. The number of anilines is 1. The number of rotatable bonds is 5. The van der Waals surface area contributed by atoms with Gasteiger partial charge in [0.1, 0.15) is 0 Å². The van der Waals surface area contributed by atoms with E-state index in [1.165, 1.54) is 17.5 Å². The van der Waals surface area contributed by atoms with Crippen LogP contribution in [0.5, 0.6) is 11.5 Å². The summed E-state index contributed by atoms with van der Waals surface area (Å²) >= 11 is 0. The van der Waals surface area contributed by atoms with E-state index in [1.807, 2.05) is 48.5 Å². The first-order valence-electron chi connectivity index (χ1n) is 11.7. The van der Waals surface area contributed by atoms with E-state index in [1.54, 1.807) is 17.0 Å². The maximum atomic E-state index is 13.6. The van der Waals surface area contributed by atoms with Gasteiger partial charge in [-0.15, -0.1) is 0 Å². The van der Waals surface area contributed by atoms with Crippen LogP contribution in [0.1, 0.15) is 51.9 Å². The maximum absolute atomic E-state index is 13.6. The molecule has 0 aromatic heterocycles. The maximum Gasteiger partial charge on any atom is 0.264 e. The van der Waals surface area contributed by atoms with Crippen LogP contribution < -0.4 is 14.4 Å². The minimum Gasteiger partial charge on any atom is -0.454 e. The number of hydrogen-bond acceptors (Lipinski definition) is 5. The molecule has 0 unspecified atom stereocenters. The topological polar surface area (TPSA) is 76.1 Å². The summed E-state index contributed by atoms with van der Waals surface area (Å²) in [7, 11) is 0. The molecule has 3 aromatic rings. The Hall–Kier alpha value is -3.64. The third kappa shape index (κ3) is 3.37. The quantitative estimate of drug-likeness (QED) is 0.581. The number of amides is 1. The molecule has 0 saturated carbocycles. The summed E-state index contributed by atoms with van der Waals surface area (Å²) in [5.74, 6) is 0.584. The van der Waals surface area contributed by atoms with E-state index in [0.29, 0.717) is 28.3 Å². The normalized spacial score (nSPS) is 20.3. The number of ketones is 1. The van der Waals surface area contributed by atoms with E-state index >= 15 is 0 Å². The molecule has 6 heteroatoms. The van der Waals surface area contributed by atoms with Crippen LogP contribution in [0, 0.1) is 0 Å². The van der Waals surface area contributed by atoms with Crippen LogP contribution in [0.2, 0.25) is 0 Å². The van der Waals surface area contributed by atoms with Crippen molar-refractivity contribution < 1.29 is 24.2 Å². The summed E-state index contributed by atoms with van der Waals surface area (Å²) in [6.45, 7) is 0.427. The fourth-order valence-electron chi connectivity index (χ4n) is 5.30. The van der Waals surface area contributed by atoms with E-state index < -0.39 is 11.5 Å². The van der Waals surface area contributed by atoms with Crippen LogP contribution >= 0.6 is 0 Å². The molecule has 1 aliphatic carbocycles. The highest BCUT2D eigenvalue weighted by Gasteiger charge is 2.50. The average Bonchev–Trinajstić information content (AvgIpc) is 3.41. The highest BCUT2D eigenvalue weighted by atomic mass is 16.7. The van der Waals surface area contributed by atoms with Crippen molar-refractivity contribution in [3.8, 4) is 11.5 Å². The Balaban J connectivity index is 1.29. The van der Waals surface area contributed by atoms with Crippen molar-refractivity contribution in [2.45, 2.75) is 44.2 Å². The monoisotopic (exact) mass is 455 g/mol. The molecule has 0 radical (unpaired) electrons. The first-order valence-corrected chi connectivity index (χ1v) is 11.7. The molecule has 0 saturated heterocycles. The zero-order valence-electron chi connectivity index (χ0n) is 18.8. The summed E-state index contributed by atoms with van der Waals surface area (Å²) < 4.78 is 10.8. The number of hydrogen-bond donors (Lipinski definition) is 1. The Bertz CT molecular complexity index is 1320. The number of carbonyl (C=O) groups excluding carboxylic acids is 2. The van der Waals surface area contributed by atoms with Gasteiger partial charge in [-0.3, -0.25) is 9.59 Å². The van der Waals surface area contributed by atoms with E-state index in [2.05, 4.69) is 0 Å². The minimum atomic E-state index is -1.90. The molecule has 0 spiro atoms. The number of Topliss-reactive ketones (excluding diaryl/α,β-unsaturated/α-hetero) is 1. The van der Waals surface area contributed by atoms with Crippen LogP contribution in [-0.2, 0) is 29.8 Å². The molecule has 3 aromatic carbocycles. The molecule has 1 N–H and O–H groups in total. The fraction of sp³-hybridized carbons (Fsp3) is 0.286. The molecule has 2 aliphatic heterocycles. The third-order valence-electron chi connectivity index (χ3n) is 7.10. The van der Waals surface area contributed by atoms with Gasteiger partial charge in [0.2, 0.25) is 6.79 Å². The number of ether oxygens (including phenoxy) is 2. The SMILES string of the molecule is O=C(C[C@@]1(O)C(=O)N(Cc2ccc3c(c2)OCO3)c2ccccc21)c1ccc2c(c1)CCCC2. The lowest BCUT2D eigenvalue weighted by Gasteiger charge is -2.23. The van der Waals surface area contributed by atoms with Gasteiger partial charge in [-0.25, -0.2) is 0 Å². The van der Waals surface area contributed by atoms with Gasteiger partial charge in [0.15, 0.2) is 22.9 Å². The highest BCUT2D eigenvalue weighted by molar-refractivity contribution is 6.10. The standard InChI is InChI=1S/C28H25NO5/c30-24(21-11-10-19-5-1-2-6-20(19)14-21)15-28(32)22-7-3-4-8-23(22)29(27(28)31)16-18-9-12-25-26(13-18)34-17-33-25/h3-4,7-14,32H,1-2,5-6,15-17H2/t28-/m0/s1. The van der Waals surface area contributed by atoms with Crippen molar-refractivity contribution in [1.82, 2.24) is 0 Å². The van der Waals surface area contributed by atoms with Crippen molar-refractivity contribution in [3.63, 3.8) is 0 Å². The molecule has 1 atom stereocenters. The molecule has 6 nitrogen and oxygen atoms in total. The summed E-state index contributed by atoms with van der Waals surface area (Å²) in [4.78, 5) is 28.4. The first-order chi connectivity index (χ1) is 16.5. The molecule has 0 bridgehead atoms. The zero-order valence-corrected chi connectivity index (χ0v) is 18.8. The van der Waals surface area contributed by atoms with Crippen molar-refractivity contribution in [2.75, 3.05) is 11.7 Å². The van der Waals surface area contributed by atoms with E-state index in [4.69, 9.17) is 9.47 Å². The van der Waals surface area contributed by atoms with Gasteiger partial charge in [0.25, 0.3) is 5.91 Å². The van der Waals surface area contributed by atoms with Gasteiger partial charge in [-0.05, 0) is 66.6 Å². The molecular formula is C28H25NO5. The van der Waals surface area contributed by atoms with Gasteiger partial charge in [0, 0.05) is 11.1 Å². The Morgan fingerprint density at radius 1 is 0.941 bits per heavy atom. The lowest BCUT2D eigenvalue weighted by molar-refractivity contribution is -0.136.